The highest BCUT2D eigenvalue weighted by atomic mass is 32.1. The molecule has 0 saturated heterocycles. The monoisotopic (exact) mass is 295 g/mol. The summed E-state index contributed by atoms with van der Waals surface area (Å²) < 4.78 is 10.3. The van der Waals surface area contributed by atoms with Gasteiger partial charge < -0.3 is 14.5 Å². The zero-order valence-electron chi connectivity index (χ0n) is 11.7. The topological polar surface area (TPSA) is 77.2 Å². The highest BCUT2D eigenvalue weighted by Crippen LogP contribution is 2.17. The minimum atomic E-state index is -0.261. The molecule has 2 heterocycles. The lowest BCUT2D eigenvalue weighted by atomic mass is 10.3. The van der Waals surface area contributed by atoms with E-state index in [1.807, 2.05) is 19.2 Å². The van der Waals surface area contributed by atoms with Crippen LogP contribution in [0.15, 0.2) is 9.80 Å². The number of anilines is 1. The number of hydrogen-bond acceptors (Lipinski definition) is 7. The molecule has 0 fully saturated rings. The van der Waals surface area contributed by atoms with E-state index in [0.717, 1.165) is 16.6 Å². The maximum Gasteiger partial charge on any atom is 0.311 e. The summed E-state index contributed by atoms with van der Waals surface area (Å²) in [4.78, 5) is 19.9. The second-order valence-corrected chi connectivity index (χ2v) is 5.09. The van der Waals surface area contributed by atoms with Crippen molar-refractivity contribution in [1.29, 1.82) is 0 Å². The molecule has 1 N–H and O–H groups in total. The Labute approximate surface area is 121 Å². The molecule has 0 unspecified atom stereocenters. The van der Waals surface area contributed by atoms with E-state index >= 15 is 0 Å². The Hall–Kier alpha value is -1.89. The van der Waals surface area contributed by atoms with Crippen LogP contribution in [0.2, 0.25) is 0 Å². The van der Waals surface area contributed by atoms with Crippen LogP contribution in [0.25, 0.3) is 0 Å². The first-order valence-corrected chi connectivity index (χ1v) is 7.23. The molecule has 0 saturated carbocycles. The Morgan fingerprint density at radius 3 is 2.90 bits per heavy atom. The van der Waals surface area contributed by atoms with Gasteiger partial charge in [0.25, 0.3) is 0 Å². The van der Waals surface area contributed by atoms with Gasteiger partial charge in [-0.3, -0.25) is 4.79 Å². The van der Waals surface area contributed by atoms with Gasteiger partial charge >= 0.3 is 5.97 Å². The quantitative estimate of drug-likeness (QED) is 0.825. The van der Waals surface area contributed by atoms with Crippen molar-refractivity contribution in [3.05, 3.63) is 28.4 Å². The third-order valence-corrected chi connectivity index (χ3v) is 3.49. The van der Waals surface area contributed by atoms with Crippen molar-refractivity contribution >= 4 is 22.4 Å². The largest absolute Gasteiger partial charge is 0.466 e. The minimum absolute atomic E-state index is 0.198. The molecule has 0 radical (unpaired) electrons. The Morgan fingerprint density at radius 1 is 1.45 bits per heavy atom. The molecule has 0 aliphatic carbocycles. The molecule has 2 aromatic heterocycles. The Kier molecular flexibility index (Phi) is 4.73. The molecule has 0 aliphatic rings. The van der Waals surface area contributed by atoms with Crippen LogP contribution in [-0.2, 0) is 22.5 Å². The Bertz CT molecular complexity index is 572. The highest BCUT2D eigenvalue weighted by Gasteiger charge is 2.09. The molecule has 0 aliphatic heterocycles. The van der Waals surface area contributed by atoms with Crippen LogP contribution >= 0.6 is 11.3 Å². The molecule has 108 valence electrons. The van der Waals surface area contributed by atoms with Gasteiger partial charge in [0.15, 0.2) is 5.13 Å². The van der Waals surface area contributed by atoms with Gasteiger partial charge in [-0.05, 0) is 20.8 Å². The summed E-state index contributed by atoms with van der Waals surface area (Å²) in [5.41, 5.74) is 1.60. The maximum absolute atomic E-state index is 11.3. The number of aryl methyl sites for hydroxylation is 2. The summed E-state index contributed by atoms with van der Waals surface area (Å²) in [6.07, 6.45) is 0.198. The lowest BCUT2D eigenvalue weighted by Crippen LogP contribution is -2.08. The van der Waals surface area contributed by atoms with Crippen LogP contribution in [0.1, 0.15) is 30.0 Å². The van der Waals surface area contributed by atoms with Gasteiger partial charge in [0.05, 0.1) is 31.0 Å². The van der Waals surface area contributed by atoms with E-state index in [2.05, 4.69) is 15.3 Å². The van der Waals surface area contributed by atoms with E-state index in [4.69, 9.17) is 9.15 Å². The molecular formula is C13H17N3O3S. The molecule has 0 aromatic carbocycles. The number of nitrogens with zero attached hydrogens (tertiary/aromatic N) is 2. The number of hydrogen-bond donors (Lipinski definition) is 1. The fourth-order valence-electron chi connectivity index (χ4n) is 1.60. The summed E-state index contributed by atoms with van der Waals surface area (Å²) >= 11 is 1.44. The second kappa shape index (κ2) is 6.51. The first-order valence-electron chi connectivity index (χ1n) is 6.35. The number of nitrogens with one attached hydrogen (secondary N) is 1. The number of ether oxygens (including phenoxy) is 1. The van der Waals surface area contributed by atoms with E-state index in [9.17, 15) is 4.79 Å². The first-order chi connectivity index (χ1) is 9.58. The number of carbonyl (C=O) groups excluding carboxylic acids is 1. The van der Waals surface area contributed by atoms with E-state index in [-0.39, 0.29) is 12.4 Å². The molecule has 6 nitrogen and oxygen atoms in total. The SMILES string of the molecule is CCOC(=O)Cc1csc(NCc2nc(C)c(C)o2)n1. The fourth-order valence-corrected chi connectivity index (χ4v) is 2.30. The molecule has 0 bridgehead atoms. The molecule has 2 aromatic rings. The van der Waals surface area contributed by atoms with E-state index in [0.29, 0.717) is 24.7 Å². The predicted octanol–water partition coefficient (Wildman–Crippen LogP) is 2.47. The molecule has 7 heteroatoms. The summed E-state index contributed by atoms with van der Waals surface area (Å²) in [7, 11) is 0. The third kappa shape index (κ3) is 3.80. The van der Waals surface area contributed by atoms with Crippen molar-refractivity contribution in [2.24, 2.45) is 0 Å². The predicted molar refractivity (Wildman–Crippen MR) is 75.8 cm³/mol. The van der Waals surface area contributed by atoms with Gasteiger partial charge in [-0.15, -0.1) is 11.3 Å². The number of aromatic nitrogens is 2. The zero-order chi connectivity index (χ0) is 14.5. The van der Waals surface area contributed by atoms with Crippen molar-refractivity contribution < 1.29 is 13.9 Å². The lowest BCUT2D eigenvalue weighted by Gasteiger charge is -1.99. The number of carbonyl (C=O) groups is 1. The molecule has 0 atom stereocenters. The average Bonchev–Trinajstić information content (AvgIpc) is 2.95. The van der Waals surface area contributed by atoms with Crippen LogP contribution in [0.3, 0.4) is 0 Å². The Morgan fingerprint density at radius 2 is 2.25 bits per heavy atom. The smallest absolute Gasteiger partial charge is 0.311 e. The number of esters is 1. The van der Waals surface area contributed by atoms with E-state index in [1.54, 1.807) is 6.92 Å². The number of oxazole rings is 1. The van der Waals surface area contributed by atoms with Gasteiger partial charge in [0, 0.05) is 5.38 Å². The van der Waals surface area contributed by atoms with Gasteiger partial charge in [-0.1, -0.05) is 0 Å². The number of rotatable bonds is 6. The normalized spacial score (nSPS) is 10.6. The van der Waals surface area contributed by atoms with Gasteiger partial charge in [0.2, 0.25) is 5.89 Å². The van der Waals surface area contributed by atoms with Crippen LogP contribution < -0.4 is 5.32 Å². The van der Waals surface area contributed by atoms with E-state index < -0.39 is 0 Å². The minimum Gasteiger partial charge on any atom is -0.466 e. The van der Waals surface area contributed by atoms with Gasteiger partial charge in [0.1, 0.15) is 5.76 Å². The van der Waals surface area contributed by atoms with Gasteiger partial charge in [-0.2, -0.15) is 0 Å². The lowest BCUT2D eigenvalue weighted by molar-refractivity contribution is -0.142. The standard InChI is InChI=1S/C13H17N3O3S/c1-4-18-12(17)5-10-7-20-13(16-10)14-6-11-15-8(2)9(3)19-11/h7H,4-6H2,1-3H3,(H,14,16). The number of thiazole rings is 1. The first kappa shape index (κ1) is 14.5. The molecule has 0 amide bonds. The van der Waals surface area contributed by atoms with Crippen LogP contribution in [0.5, 0.6) is 0 Å². The second-order valence-electron chi connectivity index (χ2n) is 4.23. The molecule has 0 spiro atoms. The molecular weight excluding hydrogens is 278 g/mol. The fraction of sp³-hybridized carbons (Fsp3) is 0.462. The van der Waals surface area contributed by atoms with Crippen LogP contribution in [0, 0.1) is 13.8 Å². The van der Waals surface area contributed by atoms with Crippen LogP contribution in [0.4, 0.5) is 5.13 Å². The molecule has 2 rings (SSSR count). The zero-order valence-corrected chi connectivity index (χ0v) is 12.5. The summed E-state index contributed by atoms with van der Waals surface area (Å²) in [5, 5.41) is 5.70. The van der Waals surface area contributed by atoms with Crippen molar-refractivity contribution in [2.45, 2.75) is 33.7 Å². The Balaban J connectivity index is 1.88. The maximum atomic E-state index is 11.3. The summed E-state index contributed by atoms with van der Waals surface area (Å²) in [6, 6.07) is 0. The van der Waals surface area contributed by atoms with Crippen molar-refractivity contribution in [2.75, 3.05) is 11.9 Å². The third-order valence-electron chi connectivity index (χ3n) is 2.65. The van der Waals surface area contributed by atoms with Crippen molar-refractivity contribution in [1.82, 2.24) is 9.97 Å². The molecule has 20 heavy (non-hydrogen) atoms. The van der Waals surface area contributed by atoms with Crippen molar-refractivity contribution in [3.63, 3.8) is 0 Å². The van der Waals surface area contributed by atoms with Crippen LogP contribution in [-0.4, -0.2) is 22.5 Å². The van der Waals surface area contributed by atoms with Gasteiger partial charge in [-0.25, -0.2) is 9.97 Å². The van der Waals surface area contributed by atoms with Crippen molar-refractivity contribution in [3.8, 4) is 0 Å². The summed E-state index contributed by atoms with van der Waals surface area (Å²) in [5.74, 6) is 1.19. The average molecular weight is 295 g/mol. The van der Waals surface area contributed by atoms with E-state index in [1.165, 1.54) is 11.3 Å². The summed E-state index contributed by atoms with van der Waals surface area (Å²) in [6.45, 7) is 6.43. The highest BCUT2D eigenvalue weighted by molar-refractivity contribution is 7.13.